The lowest BCUT2D eigenvalue weighted by atomic mass is 10.1. The van der Waals surface area contributed by atoms with E-state index in [0.29, 0.717) is 11.6 Å². The second-order valence-electron chi connectivity index (χ2n) is 4.03. The molecule has 1 aliphatic rings. The van der Waals surface area contributed by atoms with E-state index in [9.17, 15) is 9.18 Å². The predicted molar refractivity (Wildman–Crippen MR) is 64.8 cm³/mol. The molecule has 17 heavy (non-hydrogen) atoms. The molecule has 1 N–H and O–H groups in total. The van der Waals surface area contributed by atoms with Gasteiger partial charge in [-0.2, -0.15) is 0 Å². The third-order valence-corrected chi connectivity index (χ3v) is 3.20. The van der Waals surface area contributed by atoms with Gasteiger partial charge in [-0.25, -0.2) is 4.39 Å². The third kappa shape index (κ3) is 2.42. The smallest absolute Gasteiger partial charge is 0.257 e. The molecule has 0 unspecified atom stereocenters. The second-order valence-corrected chi connectivity index (χ2v) is 4.46. The van der Waals surface area contributed by atoms with Crippen molar-refractivity contribution >= 4 is 17.5 Å². The molecule has 1 fully saturated rings. The van der Waals surface area contributed by atoms with Crippen molar-refractivity contribution in [2.24, 2.45) is 0 Å². The van der Waals surface area contributed by atoms with Gasteiger partial charge >= 0.3 is 0 Å². The molecular formula is C12H14ClFN2O. The van der Waals surface area contributed by atoms with Crippen LogP contribution in [0.5, 0.6) is 0 Å². The molecule has 0 aliphatic carbocycles. The van der Waals surface area contributed by atoms with Crippen molar-refractivity contribution in [3.05, 3.63) is 34.6 Å². The maximum absolute atomic E-state index is 13.6. The Morgan fingerprint density at radius 1 is 1.59 bits per heavy atom. The van der Waals surface area contributed by atoms with Gasteiger partial charge in [0.1, 0.15) is 5.82 Å². The van der Waals surface area contributed by atoms with Crippen molar-refractivity contribution in [2.75, 3.05) is 19.6 Å². The first-order valence-electron chi connectivity index (χ1n) is 5.60. The number of amides is 1. The molecule has 0 aromatic heterocycles. The topological polar surface area (TPSA) is 32.3 Å². The van der Waals surface area contributed by atoms with E-state index in [1.165, 1.54) is 18.2 Å². The first-order chi connectivity index (χ1) is 8.13. The minimum atomic E-state index is -0.562. The van der Waals surface area contributed by atoms with Crippen LogP contribution in [0.25, 0.3) is 0 Å². The molecule has 0 bridgehead atoms. The van der Waals surface area contributed by atoms with Crippen LogP contribution in [0.1, 0.15) is 17.3 Å². The normalized spacial score (nSPS) is 15.5. The highest BCUT2D eigenvalue weighted by molar-refractivity contribution is 6.30. The molecule has 92 valence electrons. The molecule has 1 amide bonds. The maximum Gasteiger partial charge on any atom is 0.257 e. The SMILES string of the molecule is CCN(C(=O)c1ccc(Cl)cc1F)C1CNC1. The summed E-state index contributed by atoms with van der Waals surface area (Å²) >= 11 is 5.66. The number of benzene rings is 1. The van der Waals surface area contributed by atoms with Crippen LogP contribution < -0.4 is 5.32 Å². The quantitative estimate of drug-likeness (QED) is 0.896. The first-order valence-corrected chi connectivity index (χ1v) is 5.98. The van der Waals surface area contributed by atoms with Crippen LogP contribution >= 0.6 is 11.6 Å². The highest BCUT2D eigenvalue weighted by Crippen LogP contribution is 2.18. The molecule has 0 saturated carbocycles. The molecule has 5 heteroatoms. The van der Waals surface area contributed by atoms with Crippen LogP contribution in [0.2, 0.25) is 5.02 Å². The summed E-state index contributed by atoms with van der Waals surface area (Å²) in [6, 6.07) is 4.31. The van der Waals surface area contributed by atoms with Crippen LogP contribution in [0.4, 0.5) is 4.39 Å². The van der Waals surface area contributed by atoms with Gasteiger partial charge in [0.05, 0.1) is 11.6 Å². The van der Waals surface area contributed by atoms with Crippen molar-refractivity contribution in [3.63, 3.8) is 0 Å². The zero-order valence-corrected chi connectivity index (χ0v) is 10.3. The third-order valence-electron chi connectivity index (χ3n) is 2.96. The Morgan fingerprint density at radius 2 is 2.29 bits per heavy atom. The fourth-order valence-corrected chi connectivity index (χ4v) is 2.04. The van der Waals surface area contributed by atoms with Crippen LogP contribution in [0.15, 0.2) is 18.2 Å². The molecule has 3 nitrogen and oxygen atoms in total. The summed E-state index contributed by atoms with van der Waals surface area (Å²) in [6.45, 7) is 4.01. The number of likely N-dealkylation sites (N-methyl/N-ethyl adjacent to an activating group) is 1. The van der Waals surface area contributed by atoms with Crippen molar-refractivity contribution in [2.45, 2.75) is 13.0 Å². The Bertz CT molecular complexity index is 435. The summed E-state index contributed by atoms with van der Waals surface area (Å²) in [5.41, 5.74) is 0.0863. The number of rotatable bonds is 3. The zero-order valence-electron chi connectivity index (χ0n) is 9.54. The van der Waals surface area contributed by atoms with E-state index in [1.807, 2.05) is 6.92 Å². The zero-order chi connectivity index (χ0) is 12.4. The minimum absolute atomic E-state index is 0.0863. The van der Waals surface area contributed by atoms with Crippen molar-refractivity contribution in [3.8, 4) is 0 Å². The monoisotopic (exact) mass is 256 g/mol. The minimum Gasteiger partial charge on any atom is -0.333 e. The summed E-state index contributed by atoms with van der Waals surface area (Å²) in [5.74, 6) is -0.832. The van der Waals surface area contributed by atoms with E-state index in [1.54, 1.807) is 4.90 Å². The lowest BCUT2D eigenvalue weighted by molar-refractivity contribution is 0.0625. The standard InChI is InChI=1S/C12H14ClFN2O/c1-2-16(9-6-15-7-9)12(17)10-4-3-8(13)5-11(10)14/h3-5,9,15H,2,6-7H2,1H3. The van der Waals surface area contributed by atoms with E-state index in [2.05, 4.69) is 5.32 Å². The Morgan fingerprint density at radius 3 is 2.76 bits per heavy atom. The van der Waals surface area contributed by atoms with Crippen LogP contribution in [-0.4, -0.2) is 36.5 Å². The van der Waals surface area contributed by atoms with Gasteiger partial charge in [-0.05, 0) is 25.1 Å². The number of nitrogens with one attached hydrogen (secondary N) is 1. The summed E-state index contributed by atoms with van der Waals surface area (Å²) in [6.07, 6.45) is 0. The Balaban J connectivity index is 2.22. The van der Waals surface area contributed by atoms with E-state index in [4.69, 9.17) is 11.6 Å². The molecule has 0 atom stereocenters. The second kappa shape index (κ2) is 5.02. The van der Waals surface area contributed by atoms with Gasteiger partial charge in [0.2, 0.25) is 0 Å². The Kier molecular flexibility index (Phi) is 3.64. The van der Waals surface area contributed by atoms with Gasteiger partial charge in [0.25, 0.3) is 5.91 Å². The summed E-state index contributed by atoms with van der Waals surface area (Å²) in [4.78, 5) is 13.8. The van der Waals surface area contributed by atoms with Gasteiger partial charge in [0, 0.05) is 24.7 Å². The Labute approximate surface area is 105 Å². The predicted octanol–water partition coefficient (Wildman–Crippen LogP) is 1.91. The molecule has 1 saturated heterocycles. The van der Waals surface area contributed by atoms with E-state index in [-0.39, 0.29) is 17.5 Å². The van der Waals surface area contributed by atoms with Crippen LogP contribution in [-0.2, 0) is 0 Å². The number of hydrogen-bond donors (Lipinski definition) is 1. The number of carbonyl (C=O) groups excluding carboxylic acids is 1. The van der Waals surface area contributed by atoms with Crippen molar-refractivity contribution < 1.29 is 9.18 Å². The first kappa shape index (κ1) is 12.3. The summed E-state index contributed by atoms with van der Waals surface area (Å²) in [7, 11) is 0. The number of halogens is 2. The molecule has 1 aliphatic heterocycles. The highest BCUT2D eigenvalue weighted by atomic mass is 35.5. The number of nitrogens with zero attached hydrogens (tertiary/aromatic N) is 1. The lowest BCUT2D eigenvalue weighted by Gasteiger charge is -2.37. The van der Waals surface area contributed by atoms with Crippen LogP contribution in [0.3, 0.4) is 0 Å². The fourth-order valence-electron chi connectivity index (χ4n) is 1.88. The summed E-state index contributed by atoms with van der Waals surface area (Å²) < 4.78 is 13.6. The van der Waals surface area contributed by atoms with Gasteiger partial charge in [-0.3, -0.25) is 4.79 Å². The van der Waals surface area contributed by atoms with Gasteiger partial charge in [0.15, 0.2) is 0 Å². The molecule has 2 rings (SSSR count). The maximum atomic E-state index is 13.6. The molecule has 0 radical (unpaired) electrons. The number of carbonyl (C=O) groups is 1. The van der Waals surface area contributed by atoms with E-state index in [0.717, 1.165) is 13.1 Å². The number of hydrogen-bond acceptors (Lipinski definition) is 2. The van der Waals surface area contributed by atoms with E-state index < -0.39 is 5.82 Å². The average molecular weight is 257 g/mol. The van der Waals surface area contributed by atoms with Gasteiger partial charge < -0.3 is 10.2 Å². The molecule has 1 aromatic carbocycles. The molecule has 1 aromatic rings. The van der Waals surface area contributed by atoms with Gasteiger partial charge in [-0.1, -0.05) is 11.6 Å². The molecular weight excluding hydrogens is 243 g/mol. The Hall–Kier alpha value is -1.13. The van der Waals surface area contributed by atoms with Crippen LogP contribution in [0, 0.1) is 5.82 Å². The fraction of sp³-hybridized carbons (Fsp3) is 0.417. The van der Waals surface area contributed by atoms with Crippen molar-refractivity contribution in [1.82, 2.24) is 10.2 Å². The largest absolute Gasteiger partial charge is 0.333 e. The van der Waals surface area contributed by atoms with Gasteiger partial charge in [-0.15, -0.1) is 0 Å². The highest BCUT2D eigenvalue weighted by Gasteiger charge is 2.29. The molecule has 1 heterocycles. The van der Waals surface area contributed by atoms with Crippen molar-refractivity contribution in [1.29, 1.82) is 0 Å². The average Bonchev–Trinajstić information content (AvgIpc) is 2.22. The molecule has 0 spiro atoms. The lowest BCUT2D eigenvalue weighted by Crippen LogP contribution is -2.58. The van der Waals surface area contributed by atoms with E-state index >= 15 is 0 Å². The summed E-state index contributed by atoms with van der Waals surface area (Å²) in [5, 5.41) is 3.40.